The zero-order chi connectivity index (χ0) is 24.0. The summed E-state index contributed by atoms with van der Waals surface area (Å²) in [5, 5.41) is 3.21. The maximum atomic E-state index is 12.7. The van der Waals surface area contributed by atoms with Crippen molar-refractivity contribution >= 4 is 21.8 Å². The van der Waals surface area contributed by atoms with E-state index in [0.29, 0.717) is 52.2 Å². The molecule has 1 N–H and O–H groups in total. The van der Waals surface area contributed by atoms with Gasteiger partial charge in [0.15, 0.2) is 0 Å². The molecule has 0 atom stereocenters. The molecule has 1 saturated carbocycles. The molecule has 34 heavy (non-hydrogen) atoms. The van der Waals surface area contributed by atoms with Crippen LogP contribution >= 0.6 is 0 Å². The molecule has 1 aliphatic carbocycles. The molecule has 0 unspecified atom stereocenters. The minimum atomic E-state index is -3.50. The van der Waals surface area contributed by atoms with Crippen LogP contribution in [0.15, 0.2) is 29.2 Å². The Morgan fingerprint density at radius 3 is 2.21 bits per heavy atom. The first-order chi connectivity index (χ1) is 16.4. The van der Waals surface area contributed by atoms with E-state index in [1.165, 1.54) is 10.7 Å². The number of amides is 2. The third-order valence-electron chi connectivity index (χ3n) is 7.33. The molecule has 2 saturated heterocycles. The normalized spacial score (nSPS) is 21.4. The summed E-state index contributed by atoms with van der Waals surface area (Å²) in [6, 6.07) is 7.02. The van der Waals surface area contributed by atoms with Gasteiger partial charge >= 0.3 is 0 Å². The molecule has 0 bridgehead atoms. The Kier molecular flexibility index (Phi) is 8.60. The van der Waals surface area contributed by atoms with Crippen LogP contribution in [0, 0.1) is 5.92 Å². The largest absolute Gasteiger partial charge is 0.379 e. The summed E-state index contributed by atoms with van der Waals surface area (Å²) in [5.41, 5.74) is 0.948. The van der Waals surface area contributed by atoms with Crippen molar-refractivity contribution in [3.63, 3.8) is 0 Å². The monoisotopic (exact) mass is 491 g/mol. The maximum absolute atomic E-state index is 12.7. The number of benzene rings is 1. The van der Waals surface area contributed by atoms with Gasteiger partial charge in [0.05, 0.1) is 18.1 Å². The number of piperidine rings is 1. The van der Waals surface area contributed by atoms with Gasteiger partial charge in [0.2, 0.25) is 21.8 Å². The lowest BCUT2D eigenvalue weighted by Crippen LogP contribution is -2.48. The van der Waals surface area contributed by atoms with E-state index in [0.717, 1.165) is 44.1 Å². The molecular formula is C25H37N3O5S. The third-order valence-corrected chi connectivity index (χ3v) is 9.24. The Bertz CT molecular complexity index is 930. The van der Waals surface area contributed by atoms with Gasteiger partial charge in [0, 0.05) is 44.6 Å². The Morgan fingerprint density at radius 1 is 0.912 bits per heavy atom. The molecule has 2 amide bonds. The smallest absolute Gasteiger partial charge is 0.243 e. The number of sulfonamides is 1. The number of aryl methyl sites for hydroxylation is 1. The maximum Gasteiger partial charge on any atom is 0.243 e. The van der Waals surface area contributed by atoms with E-state index >= 15 is 0 Å². The third kappa shape index (κ3) is 6.37. The van der Waals surface area contributed by atoms with E-state index in [2.05, 4.69) is 5.32 Å². The second kappa shape index (κ2) is 11.6. The number of morpholine rings is 1. The summed E-state index contributed by atoms with van der Waals surface area (Å²) in [4.78, 5) is 27.4. The Hall–Kier alpha value is -1.97. The van der Waals surface area contributed by atoms with Gasteiger partial charge < -0.3 is 15.0 Å². The van der Waals surface area contributed by atoms with Crippen molar-refractivity contribution < 1.29 is 22.7 Å². The van der Waals surface area contributed by atoms with Crippen LogP contribution in [0.4, 0.5) is 0 Å². The zero-order valence-electron chi connectivity index (χ0n) is 19.9. The van der Waals surface area contributed by atoms with Crippen molar-refractivity contribution in [1.29, 1.82) is 0 Å². The fourth-order valence-electron chi connectivity index (χ4n) is 5.13. The summed E-state index contributed by atoms with van der Waals surface area (Å²) < 4.78 is 32.2. The lowest BCUT2D eigenvalue weighted by atomic mass is 9.88. The van der Waals surface area contributed by atoms with Crippen molar-refractivity contribution in [2.75, 3.05) is 39.4 Å². The minimum Gasteiger partial charge on any atom is -0.379 e. The van der Waals surface area contributed by atoms with E-state index in [1.54, 1.807) is 24.3 Å². The summed E-state index contributed by atoms with van der Waals surface area (Å²) in [6.07, 6.45) is 8.13. The second-order valence-electron chi connectivity index (χ2n) is 9.66. The van der Waals surface area contributed by atoms with Gasteiger partial charge in [0.25, 0.3) is 0 Å². The van der Waals surface area contributed by atoms with Crippen LogP contribution < -0.4 is 5.32 Å². The van der Waals surface area contributed by atoms with Crippen LogP contribution in [0.5, 0.6) is 0 Å². The Balaban J connectivity index is 1.20. The van der Waals surface area contributed by atoms with Crippen LogP contribution in [-0.4, -0.2) is 74.9 Å². The van der Waals surface area contributed by atoms with Crippen LogP contribution in [0.1, 0.15) is 56.9 Å². The van der Waals surface area contributed by atoms with Crippen LogP contribution in [0.3, 0.4) is 0 Å². The molecule has 3 aliphatic rings. The number of carbonyl (C=O) groups excluding carboxylic acids is 2. The van der Waals surface area contributed by atoms with Gasteiger partial charge in [-0.3, -0.25) is 9.59 Å². The Morgan fingerprint density at radius 2 is 1.56 bits per heavy atom. The highest BCUT2D eigenvalue weighted by Gasteiger charge is 2.28. The molecule has 4 rings (SSSR count). The van der Waals surface area contributed by atoms with Gasteiger partial charge in [-0.1, -0.05) is 31.4 Å². The quantitative estimate of drug-likeness (QED) is 0.632. The molecule has 0 radical (unpaired) electrons. The first-order valence-corrected chi connectivity index (χ1v) is 14.1. The highest BCUT2D eigenvalue weighted by Crippen LogP contribution is 2.24. The number of nitrogens with one attached hydrogen (secondary N) is 1. The first kappa shape index (κ1) is 25.1. The van der Waals surface area contributed by atoms with Crippen molar-refractivity contribution in [2.45, 2.75) is 68.7 Å². The topological polar surface area (TPSA) is 96.0 Å². The predicted octanol–water partition coefficient (Wildman–Crippen LogP) is 2.33. The van der Waals surface area contributed by atoms with E-state index < -0.39 is 10.0 Å². The summed E-state index contributed by atoms with van der Waals surface area (Å²) >= 11 is 0. The molecule has 0 aromatic heterocycles. The molecule has 1 aromatic rings. The van der Waals surface area contributed by atoms with E-state index in [1.807, 2.05) is 4.90 Å². The highest BCUT2D eigenvalue weighted by molar-refractivity contribution is 7.89. The molecule has 2 heterocycles. The van der Waals surface area contributed by atoms with Gasteiger partial charge in [-0.05, 0) is 49.8 Å². The van der Waals surface area contributed by atoms with Gasteiger partial charge in [0.1, 0.15) is 0 Å². The number of hydrogen-bond acceptors (Lipinski definition) is 5. The highest BCUT2D eigenvalue weighted by atomic mass is 32.2. The lowest BCUT2D eigenvalue weighted by Gasteiger charge is -2.33. The zero-order valence-corrected chi connectivity index (χ0v) is 20.7. The van der Waals surface area contributed by atoms with Gasteiger partial charge in [-0.15, -0.1) is 0 Å². The lowest BCUT2D eigenvalue weighted by molar-refractivity contribution is -0.132. The van der Waals surface area contributed by atoms with Crippen LogP contribution in [0.2, 0.25) is 0 Å². The average Bonchev–Trinajstić information content (AvgIpc) is 2.89. The number of rotatable bonds is 7. The average molecular weight is 492 g/mol. The molecule has 188 valence electrons. The number of likely N-dealkylation sites (tertiary alicyclic amines) is 1. The number of carbonyl (C=O) groups is 2. The Labute approximate surface area is 203 Å². The molecular weight excluding hydrogens is 454 g/mol. The molecule has 8 nitrogen and oxygen atoms in total. The van der Waals surface area contributed by atoms with Crippen molar-refractivity contribution in [2.24, 2.45) is 5.92 Å². The second-order valence-corrected chi connectivity index (χ2v) is 11.6. The summed E-state index contributed by atoms with van der Waals surface area (Å²) in [5.74, 6) is 0.481. The molecule has 3 fully saturated rings. The summed E-state index contributed by atoms with van der Waals surface area (Å²) in [7, 11) is -3.50. The molecule has 1 aromatic carbocycles. The fourth-order valence-corrected chi connectivity index (χ4v) is 6.54. The SMILES string of the molecule is O=C(NC1CCN(C(=O)CCc2ccc(S(=O)(=O)N3CCOCC3)cc2)CC1)C1CCCCC1. The van der Waals surface area contributed by atoms with Crippen molar-refractivity contribution in [3.8, 4) is 0 Å². The predicted molar refractivity (Wildman–Crippen MR) is 129 cm³/mol. The number of nitrogens with zero attached hydrogens (tertiary/aromatic N) is 2. The minimum absolute atomic E-state index is 0.113. The van der Waals surface area contributed by atoms with E-state index in [4.69, 9.17) is 4.74 Å². The van der Waals surface area contributed by atoms with E-state index in [-0.39, 0.29) is 28.7 Å². The van der Waals surface area contributed by atoms with Crippen LogP contribution in [-0.2, 0) is 30.8 Å². The van der Waals surface area contributed by atoms with Crippen LogP contribution in [0.25, 0.3) is 0 Å². The fraction of sp³-hybridized carbons (Fsp3) is 0.680. The first-order valence-electron chi connectivity index (χ1n) is 12.7. The molecule has 0 spiro atoms. The van der Waals surface area contributed by atoms with Gasteiger partial charge in [-0.2, -0.15) is 4.31 Å². The van der Waals surface area contributed by atoms with E-state index in [9.17, 15) is 18.0 Å². The van der Waals surface area contributed by atoms with Gasteiger partial charge in [-0.25, -0.2) is 8.42 Å². The summed E-state index contributed by atoms with van der Waals surface area (Å²) in [6.45, 7) is 2.93. The standard InChI is InChI=1S/C25H37N3O5S/c29-24(27-14-12-22(13-15-27)26-25(30)21-4-2-1-3-5-21)11-8-20-6-9-23(10-7-20)34(31,32)28-16-18-33-19-17-28/h6-7,9-10,21-22H,1-5,8,11-19H2,(H,26,30). The van der Waals surface area contributed by atoms with Crippen molar-refractivity contribution in [1.82, 2.24) is 14.5 Å². The number of ether oxygens (including phenoxy) is 1. The van der Waals surface area contributed by atoms with Crippen molar-refractivity contribution in [3.05, 3.63) is 29.8 Å². The molecule has 2 aliphatic heterocycles. The molecule has 9 heteroatoms. The number of hydrogen-bond donors (Lipinski definition) is 1.